The third kappa shape index (κ3) is 6.98. The first-order valence-electron chi connectivity index (χ1n) is 4.35. The molecule has 0 aromatic carbocycles. The van der Waals surface area contributed by atoms with Gasteiger partial charge in [0, 0.05) is 18.4 Å². The molecule has 2 atom stereocenters. The molecule has 0 saturated carbocycles. The number of nitrogens with one attached hydrogen (secondary N) is 1. The van der Waals surface area contributed by atoms with Gasteiger partial charge >= 0.3 is 5.97 Å². The molecule has 0 rings (SSSR count). The van der Waals surface area contributed by atoms with Crippen molar-refractivity contribution in [3.8, 4) is 0 Å². The van der Waals surface area contributed by atoms with Crippen molar-refractivity contribution in [2.24, 2.45) is 0 Å². The molecule has 0 bridgehead atoms. The fourth-order valence-corrected chi connectivity index (χ4v) is 1.77. The van der Waals surface area contributed by atoms with Crippen LogP contribution < -0.4 is 5.32 Å². The molecule has 0 spiro atoms. The van der Waals surface area contributed by atoms with E-state index < -0.39 is 18.1 Å². The Morgan fingerprint density at radius 1 is 1.53 bits per heavy atom. The maximum Gasteiger partial charge on any atom is 0.327 e. The number of hydrogen-bond donors (Lipinski definition) is 3. The number of rotatable bonds is 7. The van der Waals surface area contributed by atoms with Crippen LogP contribution in [0.15, 0.2) is 12.7 Å². The predicted octanol–water partition coefficient (Wildman–Crippen LogP) is -0.144. The monoisotopic (exact) mass is 233 g/mol. The molecule has 0 aromatic rings. The Labute approximate surface area is 92.6 Å². The van der Waals surface area contributed by atoms with Gasteiger partial charge in [0.15, 0.2) is 0 Å². The molecule has 0 aliphatic carbocycles. The van der Waals surface area contributed by atoms with Gasteiger partial charge in [-0.25, -0.2) is 4.79 Å². The lowest BCUT2D eigenvalue weighted by Gasteiger charge is -2.13. The summed E-state index contributed by atoms with van der Waals surface area (Å²) in [5.74, 6) is -0.870. The summed E-state index contributed by atoms with van der Waals surface area (Å²) in [6.07, 6.45) is 0.725. The quantitative estimate of drug-likeness (QED) is 0.533. The molecule has 0 aromatic heterocycles. The highest BCUT2D eigenvalue weighted by Gasteiger charge is 2.18. The van der Waals surface area contributed by atoms with Gasteiger partial charge in [0.25, 0.3) is 0 Å². The van der Waals surface area contributed by atoms with Crippen LogP contribution in [0.3, 0.4) is 0 Å². The standard InChI is InChI=1S/C9H15NO4S/c1-3-7(12)4-15-5-8(9(13)14)10-6(2)11/h3,7-8,12H,1,4-5H2,2H3,(H,10,11)(H,13,14)/t7?,8-/m1/s1. The minimum atomic E-state index is -1.08. The van der Waals surface area contributed by atoms with Crippen LogP contribution in [0.1, 0.15) is 6.92 Å². The number of carboxylic acid groups (broad SMARTS) is 1. The fraction of sp³-hybridized carbons (Fsp3) is 0.556. The van der Waals surface area contributed by atoms with Gasteiger partial charge < -0.3 is 15.5 Å². The molecule has 15 heavy (non-hydrogen) atoms. The highest BCUT2D eigenvalue weighted by Crippen LogP contribution is 2.06. The Morgan fingerprint density at radius 2 is 2.13 bits per heavy atom. The molecule has 0 aliphatic rings. The summed E-state index contributed by atoms with van der Waals surface area (Å²) in [5.41, 5.74) is 0. The van der Waals surface area contributed by atoms with Crippen molar-refractivity contribution < 1.29 is 19.8 Å². The average molecular weight is 233 g/mol. The lowest BCUT2D eigenvalue weighted by atomic mass is 10.3. The normalized spacial score (nSPS) is 14.0. The number of hydrogen-bond acceptors (Lipinski definition) is 4. The van der Waals surface area contributed by atoms with Gasteiger partial charge in [0.1, 0.15) is 6.04 Å². The van der Waals surface area contributed by atoms with Crippen LogP contribution in [-0.4, -0.2) is 45.7 Å². The summed E-state index contributed by atoms with van der Waals surface area (Å²) in [4.78, 5) is 21.3. The van der Waals surface area contributed by atoms with Crippen LogP contribution in [0.5, 0.6) is 0 Å². The summed E-state index contributed by atoms with van der Waals surface area (Å²) in [5, 5.41) is 20.2. The van der Waals surface area contributed by atoms with Crippen LogP contribution >= 0.6 is 11.8 Å². The molecule has 5 nitrogen and oxygen atoms in total. The highest BCUT2D eigenvalue weighted by atomic mass is 32.2. The predicted molar refractivity (Wildman–Crippen MR) is 58.8 cm³/mol. The van der Waals surface area contributed by atoms with E-state index in [1.807, 2.05) is 0 Å². The molecular formula is C9H15NO4S. The molecule has 0 aliphatic heterocycles. The molecule has 1 unspecified atom stereocenters. The molecule has 0 radical (unpaired) electrons. The van der Waals surface area contributed by atoms with Crippen molar-refractivity contribution in [3.05, 3.63) is 12.7 Å². The topological polar surface area (TPSA) is 86.6 Å². The second kappa shape index (κ2) is 7.30. The van der Waals surface area contributed by atoms with Crippen LogP contribution in [0.2, 0.25) is 0 Å². The van der Waals surface area contributed by atoms with Crippen LogP contribution in [0.25, 0.3) is 0 Å². The summed E-state index contributed by atoms with van der Waals surface area (Å²) in [6.45, 7) is 4.66. The Morgan fingerprint density at radius 3 is 2.53 bits per heavy atom. The van der Waals surface area contributed by atoms with E-state index in [4.69, 9.17) is 10.2 Å². The SMILES string of the molecule is C=CC(O)CSC[C@@H](NC(C)=O)C(=O)O. The van der Waals surface area contributed by atoms with E-state index in [-0.39, 0.29) is 11.7 Å². The van der Waals surface area contributed by atoms with Gasteiger partial charge in [-0.05, 0) is 0 Å². The van der Waals surface area contributed by atoms with E-state index in [0.29, 0.717) is 5.75 Å². The lowest BCUT2D eigenvalue weighted by Crippen LogP contribution is -2.41. The van der Waals surface area contributed by atoms with Crippen LogP contribution in [0.4, 0.5) is 0 Å². The number of carbonyl (C=O) groups excluding carboxylic acids is 1. The number of aliphatic carboxylic acids is 1. The van der Waals surface area contributed by atoms with Gasteiger partial charge in [-0.3, -0.25) is 4.79 Å². The van der Waals surface area contributed by atoms with E-state index >= 15 is 0 Å². The Bertz CT molecular complexity index is 244. The van der Waals surface area contributed by atoms with Gasteiger partial charge in [-0.15, -0.1) is 6.58 Å². The van der Waals surface area contributed by atoms with Gasteiger partial charge in [0.05, 0.1) is 6.10 Å². The zero-order valence-electron chi connectivity index (χ0n) is 8.47. The second-order valence-corrected chi connectivity index (χ2v) is 4.01. The van der Waals surface area contributed by atoms with E-state index in [0.717, 1.165) is 0 Å². The van der Waals surface area contributed by atoms with E-state index in [2.05, 4.69) is 11.9 Å². The molecule has 6 heteroatoms. The number of aliphatic hydroxyl groups is 1. The van der Waals surface area contributed by atoms with Crippen LogP contribution in [0, 0.1) is 0 Å². The Balaban J connectivity index is 3.91. The largest absolute Gasteiger partial charge is 0.480 e. The van der Waals surface area contributed by atoms with Gasteiger partial charge in [-0.2, -0.15) is 11.8 Å². The fourth-order valence-electron chi connectivity index (χ4n) is 0.795. The molecular weight excluding hydrogens is 218 g/mol. The Hall–Kier alpha value is -1.01. The minimum absolute atomic E-state index is 0.222. The van der Waals surface area contributed by atoms with Crippen molar-refractivity contribution in [2.75, 3.05) is 11.5 Å². The van der Waals surface area contributed by atoms with E-state index in [1.165, 1.54) is 24.8 Å². The first-order valence-corrected chi connectivity index (χ1v) is 5.51. The number of thioether (sulfide) groups is 1. The summed E-state index contributed by atoms with van der Waals surface area (Å²) in [6, 6.07) is -0.912. The minimum Gasteiger partial charge on any atom is -0.480 e. The van der Waals surface area contributed by atoms with Crippen molar-refractivity contribution in [3.63, 3.8) is 0 Å². The smallest absolute Gasteiger partial charge is 0.327 e. The highest BCUT2D eigenvalue weighted by molar-refractivity contribution is 7.99. The summed E-state index contributed by atoms with van der Waals surface area (Å²) >= 11 is 1.25. The molecule has 0 fully saturated rings. The number of amides is 1. The van der Waals surface area contributed by atoms with Crippen molar-refractivity contribution >= 4 is 23.6 Å². The van der Waals surface area contributed by atoms with Crippen molar-refractivity contribution in [2.45, 2.75) is 19.1 Å². The zero-order chi connectivity index (χ0) is 11.8. The molecule has 0 heterocycles. The summed E-state index contributed by atoms with van der Waals surface area (Å²) < 4.78 is 0. The molecule has 86 valence electrons. The number of carboxylic acids is 1. The molecule has 1 amide bonds. The van der Waals surface area contributed by atoms with E-state index in [9.17, 15) is 9.59 Å². The zero-order valence-corrected chi connectivity index (χ0v) is 9.29. The second-order valence-electron chi connectivity index (χ2n) is 2.93. The van der Waals surface area contributed by atoms with Crippen LogP contribution in [-0.2, 0) is 9.59 Å². The third-order valence-electron chi connectivity index (χ3n) is 1.52. The maximum absolute atomic E-state index is 10.7. The van der Waals surface area contributed by atoms with Gasteiger partial charge in [-0.1, -0.05) is 6.08 Å². The molecule has 3 N–H and O–H groups in total. The average Bonchev–Trinajstić information content (AvgIpc) is 2.15. The Kier molecular flexibility index (Phi) is 6.81. The van der Waals surface area contributed by atoms with E-state index in [1.54, 1.807) is 0 Å². The summed E-state index contributed by atoms with van der Waals surface area (Å²) in [7, 11) is 0. The third-order valence-corrected chi connectivity index (χ3v) is 2.67. The van der Waals surface area contributed by atoms with Crippen molar-refractivity contribution in [1.29, 1.82) is 0 Å². The first-order chi connectivity index (χ1) is 6.97. The number of carbonyl (C=O) groups is 2. The molecule has 0 saturated heterocycles. The van der Waals surface area contributed by atoms with Gasteiger partial charge in [0.2, 0.25) is 5.91 Å². The first kappa shape index (κ1) is 14.0. The maximum atomic E-state index is 10.7. The number of aliphatic hydroxyl groups excluding tert-OH is 1. The van der Waals surface area contributed by atoms with Crippen molar-refractivity contribution in [1.82, 2.24) is 5.32 Å². The lowest BCUT2D eigenvalue weighted by molar-refractivity contribution is -0.140.